The van der Waals surface area contributed by atoms with Gasteiger partial charge >= 0.3 is 5.69 Å². The van der Waals surface area contributed by atoms with E-state index in [2.05, 4.69) is 26.8 Å². The summed E-state index contributed by atoms with van der Waals surface area (Å²) in [5.74, 6) is 0.646. The highest BCUT2D eigenvalue weighted by Crippen LogP contribution is 2.27. The summed E-state index contributed by atoms with van der Waals surface area (Å²) >= 11 is 0. The van der Waals surface area contributed by atoms with E-state index in [0.29, 0.717) is 24.4 Å². The largest absolute Gasteiger partial charge is 0.491 e. The summed E-state index contributed by atoms with van der Waals surface area (Å²) in [6, 6.07) is 7.83. The Morgan fingerprint density at radius 1 is 1.31 bits per heavy atom. The minimum absolute atomic E-state index is 0.0103. The molecule has 0 saturated heterocycles. The highest BCUT2D eigenvalue weighted by Gasteiger charge is 2.24. The molecule has 0 spiro atoms. The number of nitriles is 1. The van der Waals surface area contributed by atoms with E-state index in [4.69, 9.17) is 4.74 Å². The van der Waals surface area contributed by atoms with Crippen molar-refractivity contribution in [3.05, 3.63) is 61.4 Å². The van der Waals surface area contributed by atoms with Crippen molar-refractivity contribution in [1.82, 2.24) is 9.13 Å². The van der Waals surface area contributed by atoms with Gasteiger partial charge in [-0.3, -0.25) is 13.9 Å². The molecule has 3 rings (SSSR count). The van der Waals surface area contributed by atoms with Gasteiger partial charge in [0.05, 0.1) is 6.54 Å². The van der Waals surface area contributed by atoms with Gasteiger partial charge in [-0.15, -0.1) is 0 Å². The second-order valence-electron chi connectivity index (χ2n) is 8.58. The topological polar surface area (TPSA) is 97.2 Å². The highest BCUT2D eigenvalue weighted by atomic mass is 16.5. The molecule has 2 heterocycles. The van der Waals surface area contributed by atoms with Gasteiger partial charge in [0.25, 0.3) is 5.56 Å². The van der Waals surface area contributed by atoms with Crippen molar-refractivity contribution in [2.75, 3.05) is 6.61 Å². The number of aliphatic hydroxyl groups is 1. The van der Waals surface area contributed by atoms with Gasteiger partial charge in [0.1, 0.15) is 30.1 Å². The van der Waals surface area contributed by atoms with Crippen molar-refractivity contribution in [2.45, 2.75) is 65.1 Å². The van der Waals surface area contributed by atoms with E-state index in [-0.39, 0.29) is 24.1 Å². The molecular formula is C22H27N3O4. The number of hydrogen-bond acceptors (Lipinski definition) is 5. The lowest BCUT2D eigenvalue weighted by atomic mass is 9.86. The van der Waals surface area contributed by atoms with Crippen molar-refractivity contribution in [3.63, 3.8) is 0 Å². The number of nitrogens with zero attached hydrogens (tertiary/aromatic N) is 3. The summed E-state index contributed by atoms with van der Waals surface area (Å²) in [5.41, 5.74) is 1.53. The fourth-order valence-corrected chi connectivity index (χ4v) is 3.64. The Morgan fingerprint density at radius 2 is 2.03 bits per heavy atom. The molecule has 1 N–H and O–H groups in total. The molecule has 7 heteroatoms. The lowest BCUT2D eigenvalue weighted by molar-refractivity contribution is 0.0896. The lowest BCUT2D eigenvalue weighted by Gasteiger charge is -2.21. The number of ether oxygens (including phenoxy) is 1. The first-order chi connectivity index (χ1) is 13.6. The van der Waals surface area contributed by atoms with E-state index in [1.807, 2.05) is 25.1 Å². The minimum Gasteiger partial charge on any atom is -0.491 e. The molecule has 1 aromatic carbocycles. The third-order valence-electron chi connectivity index (χ3n) is 5.31. The Kier molecular flexibility index (Phi) is 5.67. The van der Waals surface area contributed by atoms with Crippen LogP contribution in [0.5, 0.6) is 5.75 Å². The fourth-order valence-electron chi connectivity index (χ4n) is 3.64. The molecule has 0 amide bonds. The van der Waals surface area contributed by atoms with Gasteiger partial charge in [-0.2, -0.15) is 5.26 Å². The Hall–Kier alpha value is -2.85. The Balaban J connectivity index is 1.76. The van der Waals surface area contributed by atoms with Crippen molar-refractivity contribution in [1.29, 1.82) is 5.26 Å². The standard InChI is InChI=1S/C22H27N3O4/c1-14-10-15(22(2,3)4)7-8-19(14)29-13-16(26)12-25-20(27)17(11-23)18-6-5-9-24(18)21(25)28/h7-8,10,16,26H,5-6,9,12-13H2,1-4H3. The summed E-state index contributed by atoms with van der Waals surface area (Å²) in [5, 5.41) is 19.7. The molecule has 0 radical (unpaired) electrons. The second kappa shape index (κ2) is 7.88. The third kappa shape index (κ3) is 4.13. The predicted molar refractivity (Wildman–Crippen MR) is 109 cm³/mol. The Labute approximate surface area is 169 Å². The highest BCUT2D eigenvalue weighted by molar-refractivity contribution is 5.38. The van der Waals surface area contributed by atoms with E-state index in [1.54, 1.807) is 0 Å². The van der Waals surface area contributed by atoms with Gasteiger partial charge in [-0.25, -0.2) is 4.79 Å². The van der Waals surface area contributed by atoms with Crippen LogP contribution in [-0.4, -0.2) is 27.0 Å². The molecule has 154 valence electrons. The molecule has 0 saturated carbocycles. The average Bonchev–Trinajstić information content (AvgIpc) is 3.13. The number of hydrogen-bond donors (Lipinski definition) is 1. The number of aromatic nitrogens is 2. The van der Waals surface area contributed by atoms with Gasteiger partial charge in [-0.1, -0.05) is 32.9 Å². The summed E-state index contributed by atoms with van der Waals surface area (Å²) in [4.78, 5) is 25.2. The maximum Gasteiger partial charge on any atom is 0.331 e. The quantitative estimate of drug-likeness (QED) is 0.831. The van der Waals surface area contributed by atoms with Crippen LogP contribution in [0.1, 0.15) is 49.6 Å². The van der Waals surface area contributed by atoms with Gasteiger partial charge in [-0.05, 0) is 42.4 Å². The van der Waals surface area contributed by atoms with Crippen LogP contribution < -0.4 is 16.0 Å². The molecule has 1 aromatic heterocycles. The molecule has 0 aliphatic carbocycles. The van der Waals surface area contributed by atoms with Crippen molar-refractivity contribution in [3.8, 4) is 11.8 Å². The molecular weight excluding hydrogens is 370 g/mol. The Bertz CT molecular complexity index is 1080. The van der Waals surface area contributed by atoms with Crippen LogP contribution in [0.4, 0.5) is 0 Å². The normalized spacial score (nSPS) is 14.3. The summed E-state index contributed by atoms with van der Waals surface area (Å²) in [6.07, 6.45) is 0.209. The molecule has 29 heavy (non-hydrogen) atoms. The molecule has 1 atom stereocenters. The van der Waals surface area contributed by atoms with E-state index < -0.39 is 17.4 Å². The zero-order valence-corrected chi connectivity index (χ0v) is 17.4. The van der Waals surface area contributed by atoms with Crippen molar-refractivity contribution < 1.29 is 9.84 Å². The number of benzene rings is 1. The molecule has 2 aromatic rings. The van der Waals surface area contributed by atoms with Crippen LogP contribution >= 0.6 is 0 Å². The first kappa shape index (κ1) is 20.9. The molecule has 0 bridgehead atoms. The third-order valence-corrected chi connectivity index (χ3v) is 5.31. The molecule has 1 aliphatic rings. The average molecular weight is 397 g/mol. The van der Waals surface area contributed by atoms with Gasteiger partial charge in [0.2, 0.25) is 0 Å². The predicted octanol–water partition coefficient (Wildman–Crippen LogP) is 1.87. The zero-order chi connectivity index (χ0) is 21.3. The summed E-state index contributed by atoms with van der Waals surface area (Å²) in [6.45, 7) is 8.54. The van der Waals surface area contributed by atoms with Crippen LogP contribution in [0.25, 0.3) is 0 Å². The maximum atomic E-state index is 12.6. The van der Waals surface area contributed by atoms with Crippen LogP contribution in [0.2, 0.25) is 0 Å². The number of fused-ring (bicyclic) bond motifs is 1. The van der Waals surface area contributed by atoms with E-state index in [1.165, 1.54) is 10.1 Å². The van der Waals surface area contributed by atoms with Crippen LogP contribution in [-0.2, 0) is 24.9 Å². The maximum absolute atomic E-state index is 12.6. The Morgan fingerprint density at radius 3 is 2.66 bits per heavy atom. The van der Waals surface area contributed by atoms with E-state index in [9.17, 15) is 20.0 Å². The number of rotatable bonds is 5. The SMILES string of the molecule is Cc1cc(C(C)(C)C)ccc1OCC(O)Cn1c(=O)c(C#N)c2n(c1=O)CCC2. The van der Waals surface area contributed by atoms with Crippen LogP contribution in [0.15, 0.2) is 27.8 Å². The minimum atomic E-state index is -1.06. The zero-order valence-electron chi connectivity index (χ0n) is 17.4. The summed E-state index contributed by atoms with van der Waals surface area (Å²) in [7, 11) is 0. The monoisotopic (exact) mass is 397 g/mol. The first-order valence-corrected chi connectivity index (χ1v) is 9.82. The lowest BCUT2D eigenvalue weighted by Crippen LogP contribution is -2.44. The number of aryl methyl sites for hydroxylation is 1. The van der Waals surface area contributed by atoms with Crippen LogP contribution in [0, 0.1) is 18.3 Å². The summed E-state index contributed by atoms with van der Waals surface area (Å²) < 4.78 is 8.13. The second-order valence-corrected chi connectivity index (χ2v) is 8.58. The number of aliphatic hydroxyl groups excluding tert-OH is 1. The van der Waals surface area contributed by atoms with Crippen molar-refractivity contribution >= 4 is 0 Å². The van der Waals surface area contributed by atoms with Crippen LogP contribution in [0.3, 0.4) is 0 Å². The van der Waals surface area contributed by atoms with Gasteiger partial charge < -0.3 is 9.84 Å². The van der Waals surface area contributed by atoms with Gasteiger partial charge in [0, 0.05) is 12.2 Å². The molecule has 1 aliphatic heterocycles. The molecule has 0 fully saturated rings. The van der Waals surface area contributed by atoms with E-state index in [0.717, 1.165) is 16.6 Å². The molecule has 7 nitrogen and oxygen atoms in total. The van der Waals surface area contributed by atoms with Gasteiger partial charge in [0.15, 0.2) is 0 Å². The fraction of sp³-hybridized carbons (Fsp3) is 0.500. The smallest absolute Gasteiger partial charge is 0.331 e. The first-order valence-electron chi connectivity index (χ1n) is 9.82. The van der Waals surface area contributed by atoms with Crippen molar-refractivity contribution in [2.24, 2.45) is 0 Å². The molecule has 1 unspecified atom stereocenters. The van der Waals surface area contributed by atoms with E-state index >= 15 is 0 Å².